The molecule has 0 unspecified atom stereocenters. The Morgan fingerprint density at radius 2 is 1.74 bits per heavy atom. The van der Waals surface area contributed by atoms with Crippen molar-refractivity contribution in [3.8, 4) is 22.8 Å². The molecule has 0 saturated heterocycles. The monoisotopic (exact) mass is 360 g/mol. The number of aromatic hydroxyl groups is 1. The number of phenolic OH excluding ortho intramolecular Hbond substituents is 1. The molecule has 3 N–H and O–H groups in total. The maximum absolute atomic E-state index is 9.34. The Bertz CT molecular complexity index is 1120. The quantitative estimate of drug-likeness (QED) is 0.532. The minimum atomic E-state index is 0.162. The van der Waals surface area contributed by atoms with E-state index in [0.717, 1.165) is 17.0 Å². The fourth-order valence-electron chi connectivity index (χ4n) is 2.65. The molecule has 2 heterocycles. The zero-order chi connectivity index (χ0) is 18.8. The lowest BCUT2D eigenvalue weighted by molar-refractivity contribution is 0.415. The van der Waals surface area contributed by atoms with E-state index in [1.807, 2.05) is 30.3 Å². The summed E-state index contributed by atoms with van der Waals surface area (Å²) >= 11 is 0. The summed E-state index contributed by atoms with van der Waals surface area (Å²) in [5, 5.41) is 22.1. The normalized spacial score (nSPS) is 11.3. The first-order valence-corrected chi connectivity index (χ1v) is 8.14. The van der Waals surface area contributed by atoms with Gasteiger partial charge in [0.05, 0.1) is 18.5 Å². The van der Waals surface area contributed by atoms with Crippen molar-refractivity contribution in [3.63, 3.8) is 0 Å². The minimum absolute atomic E-state index is 0.162. The number of hydrogen-bond acceptors (Lipinski definition) is 7. The summed E-state index contributed by atoms with van der Waals surface area (Å²) in [7, 11) is 1.62. The molecule has 0 amide bonds. The summed E-state index contributed by atoms with van der Waals surface area (Å²) < 4.78 is 6.84. The second-order valence-electron chi connectivity index (χ2n) is 5.74. The maximum atomic E-state index is 9.34. The predicted molar refractivity (Wildman–Crippen MR) is 102 cm³/mol. The van der Waals surface area contributed by atoms with Crippen molar-refractivity contribution in [3.05, 3.63) is 60.8 Å². The molecule has 0 atom stereocenters. The number of ether oxygens (including phenoxy) is 1. The maximum Gasteiger partial charge on any atom is 0.185 e. The topological polar surface area (TPSA) is 110 Å². The molecule has 4 aromatic rings. The molecule has 2 aromatic carbocycles. The Kier molecular flexibility index (Phi) is 4.13. The van der Waals surface area contributed by atoms with Crippen LogP contribution in [-0.4, -0.2) is 26.8 Å². The second kappa shape index (κ2) is 6.75. The highest BCUT2D eigenvalue weighted by atomic mass is 16.5. The number of anilines is 1. The Labute approximate surface area is 154 Å². The number of aromatic nitrogens is 3. The van der Waals surface area contributed by atoms with Crippen molar-refractivity contribution in [1.82, 2.24) is 14.6 Å². The van der Waals surface area contributed by atoms with E-state index in [1.165, 1.54) is 12.1 Å². The fraction of sp³-hybridized carbons (Fsp3) is 0.0526. The van der Waals surface area contributed by atoms with Gasteiger partial charge in [0.2, 0.25) is 0 Å². The van der Waals surface area contributed by atoms with Crippen LogP contribution in [0.15, 0.2) is 71.0 Å². The molecule has 0 bridgehead atoms. The lowest BCUT2D eigenvalue weighted by atomic mass is 10.1. The zero-order valence-corrected chi connectivity index (χ0v) is 14.4. The number of hydrogen-bond donors (Lipinski definition) is 2. The third-order valence-electron chi connectivity index (χ3n) is 4.02. The lowest BCUT2D eigenvalue weighted by Gasteiger charge is -2.05. The Hall–Kier alpha value is -3.94. The summed E-state index contributed by atoms with van der Waals surface area (Å²) in [6, 6.07) is 15.8. The lowest BCUT2D eigenvalue weighted by Crippen LogP contribution is -1.96. The van der Waals surface area contributed by atoms with Crippen molar-refractivity contribution in [2.75, 3.05) is 12.8 Å². The third-order valence-corrected chi connectivity index (χ3v) is 4.02. The summed E-state index contributed by atoms with van der Waals surface area (Å²) in [5.74, 6) is 1.16. The van der Waals surface area contributed by atoms with Crippen LogP contribution in [-0.2, 0) is 0 Å². The number of azo groups is 1. The number of nitrogen functional groups attached to an aromatic ring is 1. The van der Waals surface area contributed by atoms with E-state index in [1.54, 1.807) is 30.0 Å². The van der Waals surface area contributed by atoms with Gasteiger partial charge in [0.15, 0.2) is 17.2 Å². The van der Waals surface area contributed by atoms with Gasteiger partial charge in [0.1, 0.15) is 11.5 Å². The SMILES string of the molecule is COc1ccc(-c2ccnc3c(N=Nc4ccc(O)cc4)c(N)nn23)cc1. The number of fused-ring (bicyclic) bond motifs is 1. The molecule has 0 fully saturated rings. The molecule has 2 aromatic heterocycles. The van der Waals surface area contributed by atoms with Gasteiger partial charge in [-0.15, -0.1) is 10.2 Å². The van der Waals surface area contributed by atoms with Gasteiger partial charge >= 0.3 is 0 Å². The average molecular weight is 360 g/mol. The third kappa shape index (κ3) is 3.15. The largest absolute Gasteiger partial charge is 0.508 e. The van der Waals surface area contributed by atoms with E-state index in [2.05, 4.69) is 20.3 Å². The van der Waals surface area contributed by atoms with Gasteiger partial charge in [-0.3, -0.25) is 0 Å². The van der Waals surface area contributed by atoms with Gasteiger partial charge in [0.25, 0.3) is 0 Å². The first kappa shape index (κ1) is 16.5. The fourth-order valence-corrected chi connectivity index (χ4v) is 2.65. The molecule has 134 valence electrons. The molecule has 8 heteroatoms. The highest BCUT2D eigenvalue weighted by Crippen LogP contribution is 2.31. The molecular formula is C19H16N6O2. The Morgan fingerprint density at radius 3 is 2.44 bits per heavy atom. The van der Waals surface area contributed by atoms with Crippen LogP contribution in [0.5, 0.6) is 11.5 Å². The van der Waals surface area contributed by atoms with Crippen molar-refractivity contribution in [1.29, 1.82) is 0 Å². The van der Waals surface area contributed by atoms with E-state index >= 15 is 0 Å². The van der Waals surface area contributed by atoms with Crippen LogP contribution in [0.25, 0.3) is 16.9 Å². The highest BCUT2D eigenvalue weighted by Gasteiger charge is 2.14. The van der Waals surface area contributed by atoms with E-state index < -0.39 is 0 Å². The zero-order valence-electron chi connectivity index (χ0n) is 14.4. The van der Waals surface area contributed by atoms with Crippen LogP contribution < -0.4 is 10.5 Å². The van der Waals surface area contributed by atoms with Gasteiger partial charge in [0, 0.05) is 11.8 Å². The first-order chi connectivity index (χ1) is 13.2. The van der Waals surface area contributed by atoms with Crippen LogP contribution in [0.2, 0.25) is 0 Å². The van der Waals surface area contributed by atoms with Crippen molar-refractivity contribution >= 4 is 22.8 Å². The number of rotatable bonds is 4. The molecular weight excluding hydrogens is 344 g/mol. The molecule has 0 saturated carbocycles. The number of nitrogens with two attached hydrogens (primary N) is 1. The summed E-state index contributed by atoms with van der Waals surface area (Å²) in [4.78, 5) is 4.35. The summed E-state index contributed by atoms with van der Waals surface area (Å²) in [5.41, 5.74) is 9.28. The molecule has 8 nitrogen and oxygen atoms in total. The van der Waals surface area contributed by atoms with Gasteiger partial charge in [-0.2, -0.15) is 5.11 Å². The summed E-state index contributed by atoms with van der Waals surface area (Å²) in [6.45, 7) is 0. The molecule has 27 heavy (non-hydrogen) atoms. The number of nitrogens with zero attached hydrogens (tertiary/aromatic N) is 5. The van der Waals surface area contributed by atoms with E-state index in [0.29, 0.717) is 17.0 Å². The van der Waals surface area contributed by atoms with E-state index in [9.17, 15) is 5.11 Å². The number of benzene rings is 2. The summed E-state index contributed by atoms with van der Waals surface area (Å²) in [6.07, 6.45) is 1.68. The van der Waals surface area contributed by atoms with E-state index in [4.69, 9.17) is 10.5 Å². The smallest absolute Gasteiger partial charge is 0.185 e. The van der Waals surface area contributed by atoms with Crippen LogP contribution >= 0.6 is 0 Å². The average Bonchev–Trinajstić information content (AvgIpc) is 3.03. The van der Waals surface area contributed by atoms with Crippen LogP contribution in [0.3, 0.4) is 0 Å². The molecule has 0 aliphatic carbocycles. The van der Waals surface area contributed by atoms with Crippen molar-refractivity contribution in [2.24, 2.45) is 10.2 Å². The highest BCUT2D eigenvalue weighted by molar-refractivity contribution is 5.78. The first-order valence-electron chi connectivity index (χ1n) is 8.14. The Morgan fingerprint density at radius 1 is 1.00 bits per heavy atom. The van der Waals surface area contributed by atoms with E-state index in [-0.39, 0.29) is 11.6 Å². The Balaban J connectivity index is 1.77. The van der Waals surface area contributed by atoms with Gasteiger partial charge in [-0.25, -0.2) is 9.50 Å². The minimum Gasteiger partial charge on any atom is -0.508 e. The number of phenols is 1. The standard InChI is InChI=1S/C19H16N6O2/c1-27-15-8-2-12(3-9-15)16-10-11-21-19-17(18(20)24-25(16)19)23-22-13-4-6-14(26)7-5-13/h2-11,26H,1H3,(H2,20,24). The molecule has 0 radical (unpaired) electrons. The predicted octanol–water partition coefficient (Wildman–Crippen LogP) is 4.11. The second-order valence-corrected chi connectivity index (χ2v) is 5.74. The van der Waals surface area contributed by atoms with Gasteiger partial charge in [-0.05, 0) is 54.6 Å². The van der Waals surface area contributed by atoms with Crippen LogP contribution in [0.4, 0.5) is 17.2 Å². The molecule has 0 aliphatic heterocycles. The molecule has 4 rings (SSSR count). The van der Waals surface area contributed by atoms with Gasteiger partial charge in [-0.1, -0.05) is 0 Å². The van der Waals surface area contributed by atoms with Crippen molar-refractivity contribution in [2.45, 2.75) is 0 Å². The molecule has 0 spiro atoms. The van der Waals surface area contributed by atoms with Crippen molar-refractivity contribution < 1.29 is 9.84 Å². The van der Waals surface area contributed by atoms with Crippen LogP contribution in [0.1, 0.15) is 0 Å². The molecule has 0 aliphatic rings. The van der Waals surface area contributed by atoms with Crippen LogP contribution in [0, 0.1) is 0 Å². The van der Waals surface area contributed by atoms with Gasteiger partial charge < -0.3 is 15.6 Å². The number of methoxy groups -OCH3 is 1.